The maximum atomic E-state index is 12.6. The fraction of sp³-hybridized carbons (Fsp3) is 0.750. The minimum atomic E-state index is -0.314. The number of aryl methyl sites for hydroxylation is 1. The number of amides is 1. The van der Waals surface area contributed by atoms with E-state index in [0.717, 1.165) is 38.1 Å². The van der Waals surface area contributed by atoms with Crippen LogP contribution in [-0.2, 0) is 16.1 Å². The number of likely N-dealkylation sites (tertiary alicyclic amines) is 1. The molecule has 0 unspecified atom stereocenters. The lowest BCUT2D eigenvalue weighted by Gasteiger charge is -2.27. The van der Waals surface area contributed by atoms with Gasteiger partial charge in [-0.3, -0.25) is 9.48 Å². The van der Waals surface area contributed by atoms with Crippen molar-refractivity contribution in [3.05, 3.63) is 18.0 Å². The van der Waals surface area contributed by atoms with Crippen molar-refractivity contribution in [1.82, 2.24) is 14.7 Å². The molecule has 5 nitrogen and oxygen atoms in total. The van der Waals surface area contributed by atoms with E-state index in [4.69, 9.17) is 4.74 Å². The van der Waals surface area contributed by atoms with E-state index in [1.807, 2.05) is 35.8 Å². The molecule has 21 heavy (non-hydrogen) atoms. The van der Waals surface area contributed by atoms with Crippen LogP contribution >= 0.6 is 0 Å². The van der Waals surface area contributed by atoms with E-state index >= 15 is 0 Å². The Morgan fingerprint density at radius 2 is 2.29 bits per heavy atom. The molecule has 0 bridgehead atoms. The molecular formula is C16H25N3O2. The van der Waals surface area contributed by atoms with Crippen LogP contribution in [0.25, 0.3) is 0 Å². The summed E-state index contributed by atoms with van der Waals surface area (Å²) in [5.74, 6) is 0.837. The molecule has 1 aliphatic carbocycles. The second-order valence-corrected chi connectivity index (χ2v) is 6.49. The maximum absolute atomic E-state index is 12.6. The van der Waals surface area contributed by atoms with Gasteiger partial charge in [-0.25, -0.2) is 0 Å². The fourth-order valence-electron chi connectivity index (χ4n) is 2.97. The first-order valence-electron chi connectivity index (χ1n) is 8.04. The molecule has 2 fully saturated rings. The van der Waals surface area contributed by atoms with Gasteiger partial charge >= 0.3 is 0 Å². The predicted molar refractivity (Wildman–Crippen MR) is 79.8 cm³/mol. The van der Waals surface area contributed by atoms with Crippen LogP contribution in [0.3, 0.4) is 0 Å². The molecule has 0 radical (unpaired) electrons. The van der Waals surface area contributed by atoms with Crippen LogP contribution < -0.4 is 0 Å². The van der Waals surface area contributed by atoms with Gasteiger partial charge in [0, 0.05) is 12.7 Å². The summed E-state index contributed by atoms with van der Waals surface area (Å²) >= 11 is 0. The van der Waals surface area contributed by atoms with Gasteiger partial charge in [0.25, 0.3) is 5.91 Å². The number of ether oxygens (including phenoxy) is 1. The van der Waals surface area contributed by atoms with E-state index in [1.54, 1.807) is 0 Å². The number of aromatic nitrogens is 2. The molecular weight excluding hydrogens is 266 g/mol. The number of nitrogens with zero attached hydrogens (tertiary/aromatic N) is 3. The SMILES string of the molecule is Cc1cnn(C[C@@H]2CCCN2C(=O)[C@@H](C)OCC2CC2)c1. The molecule has 5 heteroatoms. The summed E-state index contributed by atoms with van der Waals surface area (Å²) in [6, 6.07) is 0.253. The smallest absolute Gasteiger partial charge is 0.251 e. The summed E-state index contributed by atoms with van der Waals surface area (Å²) in [5, 5.41) is 4.33. The minimum Gasteiger partial charge on any atom is -0.368 e. The number of hydrogen-bond acceptors (Lipinski definition) is 3. The molecule has 1 aromatic heterocycles. The van der Waals surface area contributed by atoms with Crippen LogP contribution in [0.1, 0.15) is 38.2 Å². The molecule has 0 N–H and O–H groups in total. The topological polar surface area (TPSA) is 47.4 Å². The van der Waals surface area contributed by atoms with Gasteiger partial charge in [-0.15, -0.1) is 0 Å². The zero-order valence-electron chi connectivity index (χ0n) is 13.0. The minimum absolute atomic E-state index is 0.141. The van der Waals surface area contributed by atoms with Crippen LogP contribution in [-0.4, -0.2) is 45.9 Å². The average molecular weight is 291 g/mol. The Bertz CT molecular complexity index is 495. The Labute approximate surface area is 126 Å². The third-order valence-electron chi connectivity index (χ3n) is 4.45. The van der Waals surface area contributed by atoms with Crippen LogP contribution in [0.15, 0.2) is 12.4 Å². The van der Waals surface area contributed by atoms with E-state index in [2.05, 4.69) is 5.10 Å². The third kappa shape index (κ3) is 3.64. The summed E-state index contributed by atoms with van der Waals surface area (Å²) < 4.78 is 7.67. The van der Waals surface area contributed by atoms with Crippen LogP contribution in [0.2, 0.25) is 0 Å². The van der Waals surface area contributed by atoms with Gasteiger partial charge in [-0.1, -0.05) is 0 Å². The Kier molecular flexibility index (Phi) is 4.29. The third-order valence-corrected chi connectivity index (χ3v) is 4.45. The second-order valence-electron chi connectivity index (χ2n) is 6.49. The summed E-state index contributed by atoms with van der Waals surface area (Å²) in [5.41, 5.74) is 1.16. The highest BCUT2D eigenvalue weighted by molar-refractivity contribution is 5.81. The average Bonchev–Trinajstić information content (AvgIpc) is 3.04. The molecule has 1 aromatic rings. The highest BCUT2D eigenvalue weighted by Crippen LogP contribution is 2.29. The van der Waals surface area contributed by atoms with Crippen molar-refractivity contribution in [2.45, 2.75) is 58.2 Å². The number of hydrogen-bond donors (Lipinski definition) is 0. The molecule has 2 heterocycles. The summed E-state index contributed by atoms with van der Waals surface area (Å²) in [6.07, 6.45) is 8.23. The first-order chi connectivity index (χ1) is 10.1. The molecule has 1 saturated heterocycles. The van der Waals surface area contributed by atoms with E-state index < -0.39 is 0 Å². The molecule has 116 valence electrons. The molecule has 2 atom stereocenters. The van der Waals surface area contributed by atoms with E-state index in [1.165, 1.54) is 12.8 Å². The normalized spacial score (nSPS) is 23.5. The highest BCUT2D eigenvalue weighted by Gasteiger charge is 2.33. The Balaban J connectivity index is 1.55. The van der Waals surface area contributed by atoms with Gasteiger partial charge < -0.3 is 9.64 Å². The zero-order valence-corrected chi connectivity index (χ0v) is 13.0. The maximum Gasteiger partial charge on any atom is 0.251 e. The first-order valence-corrected chi connectivity index (χ1v) is 8.04. The lowest BCUT2D eigenvalue weighted by atomic mass is 10.2. The van der Waals surface area contributed by atoms with E-state index in [-0.39, 0.29) is 18.1 Å². The molecule has 1 aliphatic heterocycles. The number of carbonyl (C=O) groups excluding carboxylic acids is 1. The van der Waals surface area contributed by atoms with Crippen molar-refractivity contribution in [1.29, 1.82) is 0 Å². The van der Waals surface area contributed by atoms with Crippen LogP contribution in [0.4, 0.5) is 0 Å². The van der Waals surface area contributed by atoms with Gasteiger partial charge in [0.05, 0.1) is 25.4 Å². The van der Waals surface area contributed by atoms with E-state index in [0.29, 0.717) is 5.92 Å². The summed E-state index contributed by atoms with van der Waals surface area (Å²) in [4.78, 5) is 14.5. The van der Waals surface area contributed by atoms with Crippen molar-refractivity contribution in [2.24, 2.45) is 5.92 Å². The van der Waals surface area contributed by atoms with Gasteiger partial charge in [0.2, 0.25) is 0 Å². The molecule has 3 rings (SSSR count). The quantitative estimate of drug-likeness (QED) is 0.805. The fourth-order valence-corrected chi connectivity index (χ4v) is 2.97. The molecule has 1 saturated carbocycles. The highest BCUT2D eigenvalue weighted by atomic mass is 16.5. The molecule has 0 aromatic carbocycles. The lowest BCUT2D eigenvalue weighted by molar-refractivity contribution is -0.144. The van der Waals surface area contributed by atoms with Crippen molar-refractivity contribution < 1.29 is 9.53 Å². The van der Waals surface area contributed by atoms with E-state index in [9.17, 15) is 4.79 Å². The predicted octanol–water partition coefficient (Wildman–Crippen LogP) is 2.00. The lowest BCUT2D eigenvalue weighted by Crippen LogP contribution is -2.43. The monoisotopic (exact) mass is 291 g/mol. The largest absolute Gasteiger partial charge is 0.368 e. The number of carbonyl (C=O) groups is 1. The second kappa shape index (κ2) is 6.18. The summed E-state index contributed by atoms with van der Waals surface area (Å²) in [7, 11) is 0. The first kappa shape index (κ1) is 14.6. The zero-order chi connectivity index (χ0) is 14.8. The van der Waals surface area contributed by atoms with Gasteiger partial charge in [0.15, 0.2) is 0 Å². The Morgan fingerprint density at radius 3 is 2.95 bits per heavy atom. The van der Waals surface area contributed by atoms with Gasteiger partial charge in [-0.2, -0.15) is 5.10 Å². The molecule has 2 aliphatic rings. The Hall–Kier alpha value is -1.36. The van der Waals surface area contributed by atoms with Crippen molar-refractivity contribution in [2.75, 3.05) is 13.2 Å². The van der Waals surface area contributed by atoms with Gasteiger partial charge in [-0.05, 0) is 51.0 Å². The van der Waals surface area contributed by atoms with Crippen LogP contribution in [0, 0.1) is 12.8 Å². The van der Waals surface area contributed by atoms with Crippen molar-refractivity contribution >= 4 is 5.91 Å². The van der Waals surface area contributed by atoms with Crippen LogP contribution in [0.5, 0.6) is 0 Å². The van der Waals surface area contributed by atoms with Gasteiger partial charge in [0.1, 0.15) is 6.10 Å². The summed E-state index contributed by atoms with van der Waals surface area (Å²) in [6.45, 7) is 6.30. The van der Waals surface area contributed by atoms with Crippen molar-refractivity contribution in [3.63, 3.8) is 0 Å². The Morgan fingerprint density at radius 1 is 1.48 bits per heavy atom. The standard InChI is InChI=1S/C16H25N3O2/c1-12-8-17-18(9-12)10-15-4-3-7-19(15)16(20)13(2)21-11-14-5-6-14/h8-9,13-15H,3-7,10-11H2,1-2H3/t13-,15+/m1/s1. The molecule has 0 spiro atoms. The number of rotatable bonds is 6. The van der Waals surface area contributed by atoms with Crippen molar-refractivity contribution in [3.8, 4) is 0 Å². The molecule has 1 amide bonds.